The van der Waals surface area contributed by atoms with E-state index in [1.165, 1.54) is 29.0 Å². The number of nitrogens with one attached hydrogen (secondary N) is 2. The Morgan fingerprint density at radius 2 is 1.95 bits per heavy atom. The minimum absolute atomic E-state index is 0.245. The monoisotopic (exact) mass is 512 g/mol. The summed E-state index contributed by atoms with van der Waals surface area (Å²) in [6, 6.07) is 7.32. The molecule has 182 valence electrons. The Balaban J connectivity index is 1.69. The number of hydrogen-bond donors (Lipinski definition) is 2. The molecule has 7 rings (SSSR count). The first-order valence-corrected chi connectivity index (χ1v) is 11.9. The summed E-state index contributed by atoms with van der Waals surface area (Å²) in [5.41, 5.74) is -2.17. The molecule has 0 aliphatic carbocycles. The summed E-state index contributed by atoms with van der Waals surface area (Å²) >= 11 is 1.38. The van der Waals surface area contributed by atoms with Crippen molar-refractivity contribution in [3.05, 3.63) is 108 Å². The fourth-order valence-electron chi connectivity index (χ4n) is 4.64. The van der Waals surface area contributed by atoms with Gasteiger partial charge < -0.3 is 9.40 Å². The fourth-order valence-corrected chi connectivity index (χ4v) is 5.47. The highest BCUT2D eigenvalue weighted by atomic mass is 32.1. The highest BCUT2D eigenvalue weighted by molar-refractivity contribution is 7.09. The van der Waals surface area contributed by atoms with Crippen LogP contribution in [0.1, 0.15) is 22.3 Å². The molecule has 1 fully saturated rings. The van der Waals surface area contributed by atoms with Gasteiger partial charge in [0.25, 0.3) is 0 Å². The third-order valence-electron chi connectivity index (χ3n) is 5.98. The molecule has 37 heavy (non-hydrogen) atoms. The lowest BCUT2D eigenvalue weighted by Gasteiger charge is -2.41. The average Bonchev–Trinajstić information content (AvgIpc) is 3.78. The van der Waals surface area contributed by atoms with E-state index in [1.807, 2.05) is 23.6 Å². The maximum absolute atomic E-state index is 6.95. The van der Waals surface area contributed by atoms with Gasteiger partial charge in [-0.3, -0.25) is 9.97 Å². The Bertz CT molecular complexity index is 1560. The van der Waals surface area contributed by atoms with E-state index in [0.717, 1.165) is 0 Å². The van der Waals surface area contributed by atoms with Crippen LogP contribution in [0.3, 0.4) is 0 Å². The molecule has 0 spiro atoms. The Labute approximate surface area is 212 Å². The largest absolute Gasteiger partial charge is 0.446 e. The molecular weight excluding hydrogens is 496 g/mol. The molecule has 0 radical (unpaired) electrons. The Morgan fingerprint density at radius 1 is 0.946 bits per heavy atom. The van der Waals surface area contributed by atoms with E-state index in [9.17, 15) is 0 Å². The summed E-state index contributed by atoms with van der Waals surface area (Å²) in [5, 5.41) is 25.4. The summed E-state index contributed by atoms with van der Waals surface area (Å²) in [6.07, 6.45) is 14.5. The molecule has 6 aromatic heterocycles. The lowest BCUT2D eigenvalue weighted by Crippen LogP contribution is -2.58. The van der Waals surface area contributed by atoms with Crippen molar-refractivity contribution in [1.29, 1.82) is 0 Å². The molecule has 2 N–H and O–H groups in total. The molecular formula is C22H16N12O2S. The van der Waals surface area contributed by atoms with E-state index >= 15 is 0 Å². The van der Waals surface area contributed by atoms with Crippen LogP contribution in [0.5, 0.6) is 0 Å². The number of H-pyrrole nitrogens is 2. The van der Waals surface area contributed by atoms with Crippen molar-refractivity contribution in [3.8, 4) is 0 Å². The van der Waals surface area contributed by atoms with Crippen LogP contribution in [0, 0.1) is 0 Å². The van der Waals surface area contributed by atoms with Gasteiger partial charge in [0, 0.05) is 36.4 Å². The van der Waals surface area contributed by atoms with Gasteiger partial charge in [-0.2, -0.15) is 20.5 Å². The zero-order valence-electron chi connectivity index (χ0n) is 18.8. The molecule has 1 aliphatic heterocycles. The summed E-state index contributed by atoms with van der Waals surface area (Å²) < 4.78 is 6.09. The minimum Gasteiger partial charge on any atom is -0.446 e. The first-order valence-electron chi connectivity index (χ1n) is 11.0. The van der Waals surface area contributed by atoms with Crippen molar-refractivity contribution in [3.63, 3.8) is 0 Å². The van der Waals surface area contributed by atoms with Crippen LogP contribution in [0.2, 0.25) is 0 Å². The number of nitrogens with zero attached hydrogens (tertiary/aromatic N) is 10. The summed E-state index contributed by atoms with van der Waals surface area (Å²) in [5.74, 6) is 1.19. The minimum atomic E-state index is -1.54. The second kappa shape index (κ2) is 8.28. The molecule has 7 heterocycles. The van der Waals surface area contributed by atoms with Crippen LogP contribution in [0.4, 0.5) is 11.6 Å². The van der Waals surface area contributed by atoms with E-state index in [0.29, 0.717) is 28.0 Å². The lowest BCUT2D eigenvalue weighted by atomic mass is 9.74. The molecule has 15 heteroatoms. The van der Waals surface area contributed by atoms with Gasteiger partial charge in [-0.05, 0) is 24.3 Å². The van der Waals surface area contributed by atoms with E-state index in [1.54, 1.807) is 54.5 Å². The van der Waals surface area contributed by atoms with Crippen LogP contribution in [-0.2, 0) is 16.0 Å². The second-order valence-corrected chi connectivity index (χ2v) is 8.72. The molecule has 0 bridgehead atoms. The van der Waals surface area contributed by atoms with Gasteiger partial charge in [0.05, 0.1) is 24.3 Å². The fraction of sp³-hybridized carbons (Fsp3) is 0.0909. The SMILES string of the molecule is c1cnnc(C2(c3nccs3)ON(c3cn[nH]n3)N(c3ccc[nH]3)C2(c2cnccn2)c2ncco2)c1. The quantitative estimate of drug-likeness (QED) is 0.335. The summed E-state index contributed by atoms with van der Waals surface area (Å²) in [6.45, 7) is 0. The average molecular weight is 513 g/mol. The number of anilines is 2. The van der Waals surface area contributed by atoms with Gasteiger partial charge >= 0.3 is 0 Å². The molecule has 2 atom stereocenters. The summed E-state index contributed by atoms with van der Waals surface area (Å²) in [7, 11) is 0. The highest BCUT2D eigenvalue weighted by Gasteiger charge is 2.75. The molecule has 0 amide bonds. The number of hydrazine groups is 1. The van der Waals surface area contributed by atoms with Crippen LogP contribution in [0.15, 0.2) is 89.9 Å². The number of oxazole rings is 1. The Hall–Kier alpha value is -5.02. The van der Waals surface area contributed by atoms with Crippen molar-refractivity contribution in [2.45, 2.75) is 11.1 Å². The first-order chi connectivity index (χ1) is 18.4. The molecule has 1 saturated heterocycles. The first kappa shape index (κ1) is 21.3. The van der Waals surface area contributed by atoms with Crippen LogP contribution in [0.25, 0.3) is 0 Å². The molecule has 0 saturated carbocycles. The van der Waals surface area contributed by atoms with E-state index in [4.69, 9.17) is 19.2 Å². The molecule has 2 unspecified atom stereocenters. The maximum Gasteiger partial charge on any atom is 0.233 e. The second-order valence-electron chi connectivity index (χ2n) is 7.83. The zero-order valence-corrected chi connectivity index (χ0v) is 19.6. The van der Waals surface area contributed by atoms with Gasteiger partial charge in [0.1, 0.15) is 22.8 Å². The number of hydrogen-bond acceptors (Lipinski definition) is 13. The van der Waals surface area contributed by atoms with Crippen molar-refractivity contribution < 1.29 is 9.25 Å². The predicted octanol–water partition coefficient (Wildman–Crippen LogP) is 2.22. The van der Waals surface area contributed by atoms with E-state index in [2.05, 4.69) is 40.6 Å². The van der Waals surface area contributed by atoms with Gasteiger partial charge in [-0.1, -0.05) is 0 Å². The number of rotatable bonds is 6. The summed E-state index contributed by atoms with van der Waals surface area (Å²) in [4.78, 5) is 28.7. The van der Waals surface area contributed by atoms with E-state index in [-0.39, 0.29) is 5.89 Å². The predicted molar refractivity (Wildman–Crippen MR) is 127 cm³/mol. The lowest BCUT2D eigenvalue weighted by molar-refractivity contribution is -0.0198. The number of thiazole rings is 1. The molecule has 6 aromatic rings. The van der Waals surface area contributed by atoms with Gasteiger partial charge in [-0.25, -0.2) is 19.8 Å². The van der Waals surface area contributed by atoms with Gasteiger partial charge in [0.15, 0.2) is 0 Å². The zero-order chi connectivity index (χ0) is 24.7. The standard InChI is InChI=1S/C22H16N12O2S/c1-3-15(30-28-6-1)22(20-27-10-12-37-20)21(19-26-9-11-35-19,16-13-23-7-8-24-16)33(17-4-2-5-25-17)34(36-22)18-14-29-32-31-18/h1-14,25H,(H,29,31,32). The van der Waals surface area contributed by atoms with Gasteiger partial charge in [0.2, 0.25) is 22.8 Å². The Morgan fingerprint density at radius 3 is 2.62 bits per heavy atom. The number of aromatic amines is 2. The molecule has 0 aromatic carbocycles. The van der Waals surface area contributed by atoms with Crippen molar-refractivity contribution in [1.82, 2.24) is 50.5 Å². The Kier molecular flexibility index (Phi) is 4.76. The van der Waals surface area contributed by atoms with Crippen molar-refractivity contribution >= 4 is 23.0 Å². The van der Waals surface area contributed by atoms with E-state index < -0.39 is 11.1 Å². The highest BCUT2D eigenvalue weighted by Crippen LogP contribution is 2.60. The molecule has 1 aliphatic rings. The van der Waals surface area contributed by atoms with Gasteiger partial charge in [-0.15, -0.1) is 21.6 Å². The van der Waals surface area contributed by atoms with Crippen molar-refractivity contribution in [2.24, 2.45) is 0 Å². The maximum atomic E-state index is 6.95. The van der Waals surface area contributed by atoms with Crippen molar-refractivity contribution in [2.75, 3.05) is 10.2 Å². The normalized spacial score (nSPS) is 21.5. The molecule has 14 nitrogen and oxygen atoms in total. The third kappa shape index (κ3) is 2.88. The van der Waals surface area contributed by atoms with Crippen LogP contribution >= 0.6 is 11.3 Å². The topological polar surface area (TPSA) is 164 Å². The van der Waals surface area contributed by atoms with Crippen LogP contribution < -0.4 is 10.2 Å². The van der Waals surface area contributed by atoms with Crippen LogP contribution in [-0.4, -0.2) is 50.5 Å². The number of aromatic nitrogens is 10. The smallest absolute Gasteiger partial charge is 0.233 e. The third-order valence-corrected chi connectivity index (χ3v) is 6.86.